The summed E-state index contributed by atoms with van der Waals surface area (Å²) in [4.78, 5) is 7.18. The monoisotopic (exact) mass is 458 g/mol. The number of aromatic nitrogens is 1. The van der Waals surface area contributed by atoms with Crippen LogP contribution in [0.1, 0.15) is 53.5 Å². The molecule has 0 spiro atoms. The van der Waals surface area contributed by atoms with Crippen molar-refractivity contribution in [3.05, 3.63) is 89.2 Å². The highest BCUT2D eigenvalue weighted by Gasteiger charge is 2.33. The predicted octanol–water partition coefficient (Wildman–Crippen LogP) is 5.48. The molecule has 2 atom stereocenters. The van der Waals surface area contributed by atoms with Crippen molar-refractivity contribution in [2.45, 2.75) is 43.8 Å². The Kier molecular flexibility index (Phi) is 6.84. The lowest BCUT2D eigenvalue weighted by molar-refractivity contribution is -0.141. The van der Waals surface area contributed by atoms with Gasteiger partial charge in [0, 0.05) is 62.6 Å². The van der Waals surface area contributed by atoms with Gasteiger partial charge in [-0.25, -0.2) is 0 Å². The molecule has 1 saturated heterocycles. The highest BCUT2D eigenvalue weighted by molar-refractivity contribution is 5.52. The second kappa shape index (κ2) is 10.2. The summed E-state index contributed by atoms with van der Waals surface area (Å²) < 4.78 is 11.0. The van der Waals surface area contributed by atoms with E-state index in [2.05, 4.69) is 47.4 Å². The van der Waals surface area contributed by atoms with Crippen LogP contribution in [-0.4, -0.2) is 43.7 Å². The lowest BCUT2D eigenvalue weighted by atomic mass is 9.70. The Morgan fingerprint density at radius 1 is 0.941 bits per heavy atom. The van der Waals surface area contributed by atoms with Crippen LogP contribution in [0.25, 0.3) is 0 Å². The van der Waals surface area contributed by atoms with Crippen molar-refractivity contribution in [2.24, 2.45) is 5.92 Å². The van der Waals surface area contributed by atoms with Crippen LogP contribution in [0.5, 0.6) is 5.75 Å². The lowest BCUT2D eigenvalue weighted by Gasteiger charge is -2.37. The molecule has 1 aliphatic heterocycles. The molecule has 1 aliphatic carbocycles. The Hall–Kier alpha value is -2.89. The Morgan fingerprint density at radius 2 is 1.71 bits per heavy atom. The fraction of sp³-hybridized carbons (Fsp3) is 0.414. The molecule has 34 heavy (non-hydrogen) atoms. The number of hydrogen-bond donors (Lipinski definition) is 1. The van der Waals surface area contributed by atoms with Crippen LogP contribution in [0.4, 0.5) is 5.69 Å². The van der Waals surface area contributed by atoms with Crippen molar-refractivity contribution in [3.8, 4) is 5.75 Å². The number of hydrogen-bond acceptors (Lipinski definition) is 5. The molecule has 2 heterocycles. The minimum Gasteiger partial charge on any atom is -0.508 e. The number of pyridine rings is 1. The SMILES string of the molecule is COC(OC)C1CCN(c2ccc([C@H]3c4ccc(O)cc4CC[C@H]3c3ccccn3)cc2)CC1. The van der Waals surface area contributed by atoms with E-state index in [1.165, 1.54) is 22.4 Å². The standard InChI is InChI=1S/C29H34N2O3/c1-33-29(34-2)21-14-17-31(18-15-21)23-9-6-20(7-10-23)28-25-13-11-24(32)19-22(25)8-12-26(28)27-5-3-4-16-30-27/h3-7,9-11,13,16,19,21,26,28-29,32H,8,12,14-15,17-18H2,1-2H3/t26-,28-/m0/s1. The minimum absolute atomic E-state index is 0.112. The number of ether oxygens (including phenoxy) is 2. The third kappa shape index (κ3) is 4.55. The van der Waals surface area contributed by atoms with Crippen LogP contribution in [0.2, 0.25) is 0 Å². The normalized spacial score (nSPS) is 21.0. The number of phenols is 1. The number of fused-ring (bicyclic) bond motifs is 1. The second-order valence-corrected chi connectivity index (χ2v) is 9.52. The first-order chi connectivity index (χ1) is 16.7. The second-order valence-electron chi connectivity index (χ2n) is 9.52. The Morgan fingerprint density at radius 3 is 2.38 bits per heavy atom. The zero-order valence-corrected chi connectivity index (χ0v) is 20.1. The fourth-order valence-corrected chi connectivity index (χ4v) is 5.94. The largest absolute Gasteiger partial charge is 0.508 e. The highest BCUT2D eigenvalue weighted by Crippen LogP contribution is 2.46. The summed E-state index contributed by atoms with van der Waals surface area (Å²) in [5.41, 5.74) is 6.26. The summed E-state index contributed by atoms with van der Waals surface area (Å²) >= 11 is 0. The molecular weight excluding hydrogens is 424 g/mol. The third-order valence-corrected chi connectivity index (χ3v) is 7.66. The minimum atomic E-state index is -0.112. The van der Waals surface area contributed by atoms with Crippen LogP contribution in [-0.2, 0) is 15.9 Å². The smallest absolute Gasteiger partial charge is 0.159 e. The van der Waals surface area contributed by atoms with Gasteiger partial charge in [-0.3, -0.25) is 4.98 Å². The molecule has 0 amide bonds. The van der Waals surface area contributed by atoms with E-state index in [4.69, 9.17) is 14.5 Å². The van der Waals surface area contributed by atoms with Gasteiger partial charge in [0.2, 0.25) is 0 Å². The molecule has 178 valence electrons. The number of aryl methyl sites for hydroxylation is 1. The zero-order valence-electron chi connectivity index (χ0n) is 20.1. The highest BCUT2D eigenvalue weighted by atomic mass is 16.7. The molecular formula is C29H34N2O3. The van der Waals surface area contributed by atoms with E-state index < -0.39 is 0 Å². The number of rotatable bonds is 6. The first-order valence-corrected chi connectivity index (χ1v) is 12.3. The molecule has 0 saturated carbocycles. The molecule has 2 aromatic carbocycles. The maximum atomic E-state index is 10.1. The molecule has 1 N–H and O–H groups in total. The lowest BCUT2D eigenvalue weighted by Crippen LogP contribution is -2.39. The Balaban J connectivity index is 1.40. The molecule has 5 nitrogen and oxygen atoms in total. The molecule has 1 fully saturated rings. The number of phenolic OH excluding ortho intramolecular Hbond substituents is 1. The van der Waals surface area contributed by atoms with Crippen LogP contribution < -0.4 is 4.90 Å². The zero-order chi connectivity index (χ0) is 23.5. The van der Waals surface area contributed by atoms with Gasteiger partial charge in [-0.05, 0) is 78.8 Å². The molecule has 0 bridgehead atoms. The van der Waals surface area contributed by atoms with E-state index in [-0.39, 0.29) is 12.2 Å². The summed E-state index contributed by atoms with van der Waals surface area (Å²) in [5, 5.41) is 10.1. The van der Waals surface area contributed by atoms with Gasteiger partial charge < -0.3 is 19.5 Å². The Bertz CT molecular complexity index is 1070. The third-order valence-electron chi connectivity index (χ3n) is 7.66. The van der Waals surface area contributed by atoms with Crippen molar-refractivity contribution in [3.63, 3.8) is 0 Å². The molecule has 0 unspecified atom stereocenters. The number of methoxy groups -OCH3 is 2. The van der Waals surface area contributed by atoms with Crippen molar-refractivity contribution >= 4 is 5.69 Å². The van der Waals surface area contributed by atoms with E-state index in [1.54, 1.807) is 14.2 Å². The summed E-state index contributed by atoms with van der Waals surface area (Å²) in [6, 6.07) is 21.2. The van der Waals surface area contributed by atoms with E-state index in [0.717, 1.165) is 44.5 Å². The predicted molar refractivity (Wildman–Crippen MR) is 134 cm³/mol. The van der Waals surface area contributed by atoms with Gasteiger partial charge in [-0.15, -0.1) is 0 Å². The van der Waals surface area contributed by atoms with E-state index in [0.29, 0.717) is 17.6 Å². The van der Waals surface area contributed by atoms with E-state index in [1.807, 2.05) is 24.4 Å². The van der Waals surface area contributed by atoms with Crippen molar-refractivity contribution in [1.29, 1.82) is 0 Å². The molecule has 1 aromatic heterocycles. The van der Waals surface area contributed by atoms with Crippen LogP contribution in [0.3, 0.4) is 0 Å². The fourth-order valence-electron chi connectivity index (χ4n) is 5.94. The summed E-state index contributed by atoms with van der Waals surface area (Å²) in [7, 11) is 3.45. The molecule has 5 heteroatoms. The average Bonchev–Trinajstić information content (AvgIpc) is 2.90. The quantitative estimate of drug-likeness (QED) is 0.496. The van der Waals surface area contributed by atoms with E-state index >= 15 is 0 Å². The maximum Gasteiger partial charge on any atom is 0.159 e. The van der Waals surface area contributed by atoms with Crippen molar-refractivity contribution in [2.75, 3.05) is 32.2 Å². The van der Waals surface area contributed by atoms with Crippen molar-refractivity contribution in [1.82, 2.24) is 4.98 Å². The van der Waals surface area contributed by atoms with Gasteiger partial charge in [0.25, 0.3) is 0 Å². The molecule has 0 radical (unpaired) electrons. The van der Waals surface area contributed by atoms with Crippen molar-refractivity contribution < 1.29 is 14.6 Å². The average molecular weight is 459 g/mol. The van der Waals surface area contributed by atoms with Crippen LogP contribution in [0, 0.1) is 5.92 Å². The van der Waals surface area contributed by atoms with Gasteiger partial charge in [-0.2, -0.15) is 0 Å². The van der Waals surface area contributed by atoms with Crippen LogP contribution in [0.15, 0.2) is 66.9 Å². The van der Waals surface area contributed by atoms with Gasteiger partial charge in [0.15, 0.2) is 6.29 Å². The van der Waals surface area contributed by atoms with Gasteiger partial charge in [0.1, 0.15) is 5.75 Å². The summed E-state index contributed by atoms with van der Waals surface area (Å²) in [6.45, 7) is 2.02. The Labute approximate surface area is 202 Å². The number of benzene rings is 2. The number of anilines is 1. The van der Waals surface area contributed by atoms with E-state index in [9.17, 15) is 5.11 Å². The maximum absolute atomic E-state index is 10.1. The van der Waals surface area contributed by atoms with Gasteiger partial charge in [0.05, 0.1) is 0 Å². The number of piperidine rings is 1. The first-order valence-electron chi connectivity index (χ1n) is 12.3. The van der Waals surface area contributed by atoms with Crippen LogP contribution >= 0.6 is 0 Å². The first kappa shape index (κ1) is 22.9. The summed E-state index contributed by atoms with van der Waals surface area (Å²) in [6.07, 6.45) is 5.89. The van der Waals surface area contributed by atoms with Gasteiger partial charge >= 0.3 is 0 Å². The molecule has 2 aliphatic rings. The summed E-state index contributed by atoms with van der Waals surface area (Å²) in [5.74, 6) is 1.33. The number of nitrogens with zero attached hydrogens (tertiary/aromatic N) is 2. The van der Waals surface area contributed by atoms with Gasteiger partial charge in [-0.1, -0.05) is 24.3 Å². The number of aromatic hydroxyl groups is 1. The molecule has 3 aromatic rings. The topological polar surface area (TPSA) is 54.8 Å². The molecule has 5 rings (SSSR count).